The van der Waals surface area contributed by atoms with E-state index in [-0.39, 0.29) is 31.1 Å². The normalized spacial score (nSPS) is 12.6. The van der Waals surface area contributed by atoms with Crippen molar-refractivity contribution in [3.63, 3.8) is 0 Å². The Labute approximate surface area is 414 Å². The summed E-state index contributed by atoms with van der Waals surface area (Å²) in [5.74, 6) is -0.933. The zero-order chi connectivity index (χ0) is 48.6. The van der Waals surface area contributed by atoms with E-state index in [1.54, 1.807) is 0 Å². The lowest BCUT2D eigenvalue weighted by atomic mass is 10.1. The highest BCUT2D eigenvalue weighted by Gasteiger charge is 2.19. The molecule has 0 aromatic heterocycles. The van der Waals surface area contributed by atoms with Crippen LogP contribution in [0.4, 0.5) is 0 Å². The van der Waals surface area contributed by atoms with Crippen LogP contribution in [-0.2, 0) is 28.6 Å². The number of allylic oxidation sites excluding steroid dienone is 12. The molecule has 0 aliphatic rings. The average molecular weight is 936 g/mol. The molecule has 67 heavy (non-hydrogen) atoms. The van der Waals surface area contributed by atoms with Gasteiger partial charge in [-0.2, -0.15) is 0 Å². The van der Waals surface area contributed by atoms with E-state index >= 15 is 0 Å². The van der Waals surface area contributed by atoms with Crippen molar-refractivity contribution in [3.05, 3.63) is 72.9 Å². The van der Waals surface area contributed by atoms with Crippen molar-refractivity contribution < 1.29 is 28.6 Å². The van der Waals surface area contributed by atoms with Gasteiger partial charge in [0, 0.05) is 19.3 Å². The van der Waals surface area contributed by atoms with Gasteiger partial charge < -0.3 is 14.2 Å². The van der Waals surface area contributed by atoms with Gasteiger partial charge in [-0.15, -0.1) is 0 Å². The molecule has 0 aromatic carbocycles. The van der Waals surface area contributed by atoms with E-state index in [2.05, 4.69) is 63.3 Å². The van der Waals surface area contributed by atoms with E-state index in [0.29, 0.717) is 19.3 Å². The average Bonchev–Trinajstić information content (AvgIpc) is 3.33. The van der Waals surface area contributed by atoms with Gasteiger partial charge in [0.1, 0.15) is 13.2 Å². The van der Waals surface area contributed by atoms with Gasteiger partial charge in [-0.05, 0) is 89.9 Å². The molecule has 386 valence electrons. The fourth-order valence-corrected chi connectivity index (χ4v) is 7.97. The van der Waals surface area contributed by atoms with E-state index in [1.165, 1.54) is 167 Å². The van der Waals surface area contributed by atoms with Crippen molar-refractivity contribution in [1.82, 2.24) is 0 Å². The Morgan fingerprint density at radius 3 is 0.970 bits per heavy atom. The molecule has 0 N–H and O–H groups in total. The van der Waals surface area contributed by atoms with Crippen LogP contribution >= 0.6 is 0 Å². The van der Waals surface area contributed by atoms with Crippen molar-refractivity contribution in [1.29, 1.82) is 0 Å². The molecule has 0 aliphatic heterocycles. The van der Waals surface area contributed by atoms with Gasteiger partial charge in [-0.25, -0.2) is 0 Å². The fourth-order valence-electron chi connectivity index (χ4n) is 7.97. The number of hydrogen-bond acceptors (Lipinski definition) is 6. The third-order valence-electron chi connectivity index (χ3n) is 12.3. The van der Waals surface area contributed by atoms with Crippen molar-refractivity contribution in [3.8, 4) is 0 Å². The summed E-state index contributed by atoms with van der Waals surface area (Å²) in [5.41, 5.74) is 0. The smallest absolute Gasteiger partial charge is 0.306 e. The van der Waals surface area contributed by atoms with Crippen LogP contribution in [0.5, 0.6) is 0 Å². The Morgan fingerprint density at radius 1 is 0.313 bits per heavy atom. The van der Waals surface area contributed by atoms with Gasteiger partial charge in [-0.1, -0.05) is 241 Å². The molecule has 0 saturated carbocycles. The minimum absolute atomic E-state index is 0.0916. The monoisotopic (exact) mass is 935 g/mol. The first-order chi connectivity index (χ1) is 33.0. The maximum absolute atomic E-state index is 12.8. The fraction of sp³-hybridized carbons (Fsp3) is 0.754. The maximum Gasteiger partial charge on any atom is 0.306 e. The van der Waals surface area contributed by atoms with Crippen LogP contribution < -0.4 is 0 Å². The van der Waals surface area contributed by atoms with Crippen molar-refractivity contribution >= 4 is 17.9 Å². The minimum atomic E-state index is -0.795. The Morgan fingerprint density at radius 2 is 0.597 bits per heavy atom. The SMILES string of the molecule is CC/C=C/C=C/C=C/C=C/CCCCCC(=O)OCC(COC(=O)CCCCCCCCC/C=C/CCCCCCCCCC)OC(=O)CCCCCCCCC/C=C/CCCCCCCC. The van der Waals surface area contributed by atoms with Crippen LogP contribution in [0.3, 0.4) is 0 Å². The standard InChI is InChI=1S/C61H106O6/c1-4-7-10-13-16-19-22-25-27-29-30-32-33-36-39-42-45-48-51-54-60(63)66-57-58(56-65-59(62)53-50-47-44-41-38-35-24-21-18-15-12-9-6-3)67-61(64)55-52-49-46-43-40-37-34-31-28-26-23-20-17-14-11-8-5-2/h9,12,15,18,21,24,26,28-30,35,38,58H,4-8,10-11,13-14,16-17,19-20,22-23,25,27,31-34,36-37,39-57H2,1-3H3/b12-9+,18-15+,24-21+,28-26+,30-29+,38-35+. The Bertz CT molecular complexity index is 1260. The van der Waals surface area contributed by atoms with E-state index in [4.69, 9.17) is 14.2 Å². The third kappa shape index (κ3) is 53.7. The van der Waals surface area contributed by atoms with Gasteiger partial charge >= 0.3 is 17.9 Å². The van der Waals surface area contributed by atoms with E-state index in [9.17, 15) is 14.4 Å². The summed E-state index contributed by atoms with van der Waals surface area (Å²) >= 11 is 0. The zero-order valence-corrected chi connectivity index (χ0v) is 44.2. The molecule has 0 radical (unpaired) electrons. The molecule has 0 aliphatic carbocycles. The summed E-state index contributed by atoms with van der Waals surface area (Å²) in [6.45, 7) is 6.47. The number of rotatable bonds is 51. The molecule has 0 rings (SSSR count). The lowest BCUT2D eigenvalue weighted by Gasteiger charge is -2.18. The van der Waals surface area contributed by atoms with Crippen LogP contribution in [-0.4, -0.2) is 37.2 Å². The molecule has 0 spiro atoms. The topological polar surface area (TPSA) is 78.9 Å². The highest BCUT2D eigenvalue weighted by atomic mass is 16.6. The number of unbranched alkanes of at least 4 members (excludes halogenated alkanes) is 31. The molecule has 0 heterocycles. The molecule has 1 atom stereocenters. The summed E-state index contributed by atoms with van der Waals surface area (Å²) in [7, 11) is 0. The van der Waals surface area contributed by atoms with Crippen LogP contribution in [0.15, 0.2) is 72.9 Å². The van der Waals surface area contributed by atoms with Crippen LogP contribution in [0, 0.1) is 0 Å². The van der Waals surface area contributed by atoms with Gasteiger partial charge in [0.25, 0.3) is 0 Å². The minimum Gasteiger partial charge on any atom is -0.462 e. The molecule has 0 saturated heterocycles. The van der Waals surface area contributed by atoms with E-state index in [1.807, 2.05) is 30.4 Å². The number of ether oxygens (including phenoxy) is 3. The van der Waals surface area contributed by atoms with Crippen molar-refractivity contribution in [2.75, 3.05) is 13.2 Å². The number of hydrogen-bond donors (Lipinski definition) is 0. The van der Waals surface area contributed by atoms with Gasteiger partial charge in [0.05, 0.1) is 0 Å². The molecule has 0 bridgehead atoms. The molecule has 0 aromatic rings. The van der Waals surface area contributed by atoms with Crippen LogP contribution in [0.25, 0.3) is 0 Å². The highest BCUT2D eigenvalue weighted by molar-refractivity contribution is 5.71. The van der Waals surface area contributed by atoms with Gasteiger partial charge in [-0.3, -0.25) is 14.4 Å². The second-order valence-electron chi connectivity index (χ2n) is 18.9. The Kier molecular flexibility index (Phi) is 52.8. The van der Waals surface area contributed by atoms with Gasteiger partial charge in [0.15, 0.2) is 6.10 Å². The molecule has 6 heteroatoms. The quantitative estimate of drug-likeness (QED) is 0.0199. The largest absolute Gasteiger partial charge is 0.462 e. The summed E-state index contributed by atoms with van der Waals surface area (Å²) in [6.07, 6.45) is 70.4. The van der Waals surface area contributed by atoms with Crippen molar-refractivity contribution in [2.24, 2.45) is 0 Å². The predicted molar refractivity (Wildman–Crippen MR) is 288 cm³/mol. The first-order valence-electron chi connectivity index (χ1n) is 28.5. The molecule has 6 nitrogen and oxygen atoms in total. The first kappa shape index (κ1) is 63.8. The predicted octanol–water partition coefficient (Wildman–Crippen LogP) is 19.0. The molecular formula is C61H106O6. The summed E-state index contributed by atoms with van der Waals surface area (Å²) in [5, 5.41) is 0. The Hall–Kier alpha value is -3.15. The second-order valence-corrected chi connectivity index (χ2v) is 18.9. The lowest BCUT2D eigenvalue weighted by Crippen LogP contribution is -2.30. The molecule has 0 amide bonds. The van der Waals surface area contributed by atoms with E-state index in [0.717, 1.165) is 70.6 Å². The Balaban J connectivity index is 4.40. The summed E-state index contributed by atoms with van der Waals surface area (Å²) < 4.78 is 16.8. The lowest BCUT2D eigenvalue weighted by molar-refractivity contribution is -0.167. The zero-order valence-electron chi connectivity index (χ0n) is 44.2. The first-order valence-corrected chi connectivity index (χ1v) is 28.5. The number of carbonyl (C=O) groups excluding carboxylic acids is 3. The third-order valence-corrected chi connectivity index (χ3v) is 12.3. The molecule has 1 unspecified atom stereocenters. The molecule has 0 fully saturated rings. The summed E-state index contributed by atoms with van der Waals surface area (Å²) in [4.78, 5) is 38.1. The number of carbonyl (C=O) groups is 3. The van der Waals surface area contributed by atoms with Gasteiger partial charge in [0.2, 0.25) is 0 Å². The molecular weight excluding hydrogens is 829 g/mol. The maximum atomic E-state index is 12.8. The van der Waals surface area contributed by atoms with E-state index < -0.39 is 6.10 Å². The van der Waals surface area contributed by atoms with Crippen LogP contribution in [0.1, 0.15) is 278 Å². The van der Waals surface area contributed by atoms with Crippen LogP contribution in [0.2, 0.25) is 0 Å². The number of esters is 3. The van der Waals surface area contributed by atoms with Crippen molar-refractivity contribution in [2.45, 2.75) is 284 Å². The second kappa shape index (κ2) is 55.4. The highest BCUT2D eigenvalue weighted by Crippen LogP contribution is 2.15. The summed E-state index contributed by atoms with van der Waals surface area (Å²) in [6, 6.07) is 0.